The molecule has 0 spiro atoms. The van der Waals surface area contributed by atoms with Gasteiger partial charge in [0, 0.05) is 11.3 Å². The Kier molecular flexibility index (Phi) is 5.12. The van der Waals surface area contributed by atoms with Crippen molar-refractivity contribution >= 4 is 43.9 Å². The second kappa shape index (κ2) is 8.24. The summed E-state index contributed by atoms with van der Waals surface area (Å²) >= 11 is 1.27. The van der Waals surface area contributed by atoms with Gasteiger partial charge < -0.3 is 10.6 Å². The molecule has 0 unspecified atom stereocenters. The molecule has 0 aliphatic heterocycles. The topological polar surface area (TPSA) is 88.4 Å². The molecule has 0 saturated carbocycles. The smallest absolute Gasteiger partial charge is 0.283 e. The van der Waals surface area contributed by atoms with E-state index in [-0.39, 0.29) is 17.5 Å². The van der Waals surface area contributed by atoms with Crippen LogP contribution in [0.3, 0.4) is 0 Å². The highest BCUT2D eigenvalue weighted by molar-refractivity contribution is 7.20. The molecule has 7 nitrogen and oxygen atoms in total. The summed E-state index contributed by atoms with van der Waals surface area (Å²) in [5.74, 6) is -0.168. The van der Waals surface area contributed by atoms with Gasteiger partial charge in [-0.2, -0.15) is 4.52 Å². The molecule has 1 amide bonds. The zero-order valence-corrected chi connectivity index (χ0v) is 18.0. The zero-order valence-electron chi connectivity index (χ0n) is 17.1. The van der Waals surface area contributed by atoms with E-state index < -0.39 is 0 Å². The van der Waals surface area contributed by atoms with Crippen molar-refractivity contribution < 1.29 is 4.79 Å². The lowest BCUT2D eigenvalue weighted by molar-refractivity contribution is 0.0940. The van der Waals surface area contributed by atoms with E-state index >= 15 is 0 Å². The maximum absolute atomic E-state index is 12.7. The minimum Gasteiger partial charge on any atom is -0.346 e. The quantitative estimate of drug-likeness (QED) is 0.418. The third-order valence-electron chi connectivity index (χ3n) is 5.13. The summed E-state index contributed by atoms with van der Waals surface area (Å²) in [6.45, 7) is 1.95. The van der Waals surface area contributed by atoms with Crippen molar-refractivity contribution in [2.75, 3.05) is 5.32 Å². The van der Waals surface area contributed by atoms with Crippen LogP contribution in [0.15, 0.2) is 83.7 Å². The maximum Gasteiger partial charge on any atom is 0.283 e. The minimum atomic E-state index is -0.210. The van der Waals surface area contributed by atoms with Gasteiger partial charge >= 0.3 is 0 Å². The number of hydrogen-bond donors (Lipinski definition) is 2. The number of para-hydroxylation sites is 1. The SMILES string of the molecule is C[C@H](NC(=O)c1cccc(Nc2nn3c(=O)c4ccccc4nc3s2)c1)c1ccccc1. The molecule has 158 valence electrons. The number of anilines is 2. The fourth-order valence-corrected chi connectivity index (χ4v) is 4.29. The van der Waals surface area contributed by atoms with Crippen molar-refractivity contribution in [2.24, 2.45) is 0 Å². The fourth-order valence-electron chi connectivity index (χ4n) is 3.47. The number of carbonyl (C=O) groups is 1. The average molecular weight is 442 g/mol. The Hall–Kier alpha value is -4.04. The standard InChI is InChI=1S/C24H19N5O2S/c1-15(16-8-3-2-4-9-16)25-21(30)17-10-7-11-18(14-17)26-23-28-29-22(31)19-12-5-6-13-20(19)27-24(29)32-23/h2-15H,1H3,(H,25,30)(H,26,28)/t15-/m0/s1. The predicted octanol–water partition coefficient (Wildman–Crippen LogP) is 4.54. The Morgan fingerprint density at radius 1 is 1.00 bits per heavy atom. The molecule has 8 heteroatoms. The summed E-state index contributed by atoms with van der Waals surface area (Å²) in [5, 5.41) is 11.6. The normalized spacial score (nSPS) is 12.0. The van der Waals surface area contributed by atoms with Gasteiger partial charge in [0.2, 0.25) is 10.1 Å². The Morgan fingerprint density at radius 2 is 1.78 bits per heavy atom. The number of nitrogens with zero attached hydrogens (tertiary/aromatic N) is 3. The summed E-state index contributed by atoms with van der Waals surface area (Å²) in [5.41, 5.74) is 2.69. The highest BCUT2D eigenvalue weighted by Gasteiger charge is 2.13. The van der Waals surface area contributed by atoms with E-state index in [1.54, 1.807) is 30.3 Å². The molecule has 2 N–H and O–H groups in total. The fraction of sp³-hybridized carbons (Fsp3) is 0.0833. The first-order valence-electron chi connectivity index (χ1n) is 10.1. The van der Waals surface area contributed by atoms with Gasteiger partial charge in [-0.3, -0.25) is 9.59 Å². The van der Waals surface area contributed by atoms with Crippen molar-refractivity contribution in [1.82, 2.24) is 19.9 Å². The van der Waals surface area contributed by atoms with Gasteiger partial charge in [0.15, 0.2) is 0 Å². The minimum absolute atomic E-state index is 0.114. The van der Waals surface area contributed by atoms with Gasteiger partial charge in [-0.05, 0) is 42.8 Å². The maximum atomic E-state index is 12.7. The lowest BCUT2D eigenvalue weighted by Crippen LogP contribution is -2.26. The average Bonchev–Trinajstić information content (AvgIpc) is 3.22. The van der Waals surface area contributed by atoms with E-state index in [0.717, 1.165) is 5.56 Å². The van der Waals surface area contributed by atoms with Crippen LogP contribution in [-0.4, -0.2) is 20.5 Å². The van der Waals surface area contributed by atoms with Gasteiger partial charge in [-0.15, -0.1) is 5.10 Å². The Morgan fingerprint density at radius 3 is 2.62 bits per heavy atom. The second-order valence-electron chi connectivity index (χ2n) is 7.35. The number of benzene rings is 3. The lowest BCUT2D eigenvalue weighted by atomic mass is 10.1. The highest BCUT2D eigenvalue weighted by Crippen LogP contribution is 2.23. The van der Waals surface area contributed by atoms with Crippen LogP contribution < -0.4 is 16.2 Å². The Balaban J connectivity index is 1.38. The number of amides is 1. The van der Waals surface area contributed by atoms with Crippen LogP contribution in [0.25, 0.3) is 15.9 Å². The largest absolute Gasteiger partial charge is 0.346 e. The van der Waals surface area contributed by atoms with Crippen LogP contribution in [0.5, 0.6) is 0 Å². The summed E-state index contributed by atoms with van der Waals surface area (Å²) in [4.78, 5) is 30.5. The molecular weight excluding hydrogens is 422 g/mol. The molecule has 5 aromatic rings. The van der Waals surface area contributed by atoms with Gasteiger partial charge in [0.1, 0.15) is 0 Å². The van der Waals surface area contributed by atoms with E-state index in [0.29, 0.717) is 32.2 Å². The van der Waals surface area contributed by atoms with Crippen molar-refractivity contribution in [1.29, 1.82) is 0 Å². The summed E-state index contributed by atoms with van der Waals surface area (Å²) < 4.78 is 1.30. The number of rotatable bonds is 5. The first-order chi connectivity index (χ1) is 15.6. The number of hydrogen-bond acceptors (Lipinski definition) is 6. The third kappa shape index (κ3) is 3.83. The molecule has 0 fully saturated rings. The Labute approximate surface area is 187 Å². The van der Waals surface area contributed by atoms with E-state index in [1.807, 2.05) is 55.5 Å². The van der Waals surface area contributed by atoms with Crippen LogP contribution in [0.4, 0.5) is 10.8 Å². The zero-order chi connectivity index (χ0) is 22.1. The van der Waals surface area contributed by atoms with Crippen molar-refractivity contribution in [3.63, 3.8) is 0 Å². The number of nitrogens with one attached hydrogen (secondary N) is 2. The molecule has 32 heavy (non-hydrogen) atoms. The van der Waals surface area contributed by atoms with E-state index in [1.165, 1.54) is 15.9 Å². The van der Waals surface area contributed by atoms with Crippen LogP contribution in [0.1, 0.15) is 28.9 Å². The first-order valence-corrected chi connectivity index (χ1v) is 10.9. The molecule has 0 aliphatic rings. The van der Waals surface area contributed by atoms with Gasteiger partial charge in [-0.25, -0.2) is 4.98 Å². The van der Waals surface area contributed by atoms with Crippen LogP contribution >= 0.6 is 11.3 Å². The third-order valence-corrected chi connectivity index (χ3v) is 5.95. The number of aromatic nitrogens is 3. The molecule has 2 aromatic heterocycles. The van der Waals surface area contributed by atoms with Gasteiger partial charge in [-0.1, -0.05) is 59.9 Å². The summed E-state index contributed by atoms with van der Waals surface area (Å²) in [6, 6.07) is 24.0. The highest BCUT2D eigenvalue weighted by atomic mass is 32.1. The van der Waals surface area contributed by atoms with E-state index in [2.05, 4.69) is 20.7 Å². The van der Waals surface area contributed by atoms with Crippen LogP contribution in [0, 0.1) is 0 Å². The molecule has 0 aliphatic carbocycles. The summed E-state index contributed by atoms with van der Waals surface area (Å²) in [7, 11) is 0. The molecule has 0 radical (unpaired) electrons. The van der Waals surface area contributed by atoms with Gasteiger partial charge in [0.25, 0.3) is 11.5 Å². The molecule has 0 saturated heterocycles. The summed E-state index contributed by atoms with van der Waals surface area (Å²) in [6.07, 6.45) is 0. The van der Waals surface area contributed by atoms with Crippen LogP contribution in [0.2, 0.25) is 0 Å². The molecule has 2 heterocycles. The lowest BCUT2D eigenvalue weighted by Gasteiger charge is -2.14. The monoisotopic (exact) mass is 441 g/mol. The molecule has 0 bridgehead atoms. The van der Waals surface area contributed by atoms with Crippen molar-refractivity contribution in [2.45, 2.75) is 13.0 Å². The number of carbonyl (C=O) groups excluding carboxylic acids is 1. The first kappa shape index (κ1) is 19.9. The van der Waals surface area contributed by atoms with E-state index in [9.17, 15) is 9.59 Å². The van der Waals surface area contributed by atoms with Crippen LogP contribution in [-0.2, 0) is 0 Å². The van der Waals surface area contributed by atoms with Crippen molar-refractivity contribution in [3.8, 4) is 0 Å². The second-order valence-corrected chi connectivity index (χ2v) is 8.30. The Bertz CT molecular complexity index is 1490. The molecule has 1 atom stereocenters. The van der Waals surface area contributed by atoms with Crippen molar-refractivity contribution in [3.05, 3.63) is 100 Å². The predicted molar refractivity (Wildman–Crippen MR) is 127 cm³/mol. The molecule has 5 rings (SSSR count). The van der Waals surface area contributed by atoms with E-state index in [4.69, 9.17) is 0 Å². The number of fused-ring (bicyclic) bond motifs is 2. The van der Waals surface area contributed by atoms with Gasteiger partial charge in [0.05, 0.1) is 16.9 Å². The molecule has 3 aromatic carbocycles. The molecular formula is C24H19N5O2S.